The van der Waals surface area contributed by atoms with Crippen LogP contribution in [0.4, 0.5) is 4.79 Å². The van der Waals surface area contributed by atoms with Crippen LogP contribution in [0.2, 0.25) is 0 Å². The van der Waals surface area contributed by atoms with E-state index in [1.807, 2.05) is 6.92 Å². The highest BCUT2D eigenvalue weighted by Crippen LogP contribution is 1.86. The molecule has 9 heavy (non-hydrogen) atoms. The van der Waals surface area contributed by atoms with Crippen LogP contribution in [0.3, 0.4) is 0 Å². The van der Waals surface area contributed by atoms with Crippen molar-refractivity contribution in [3.63, 3.8) is 0 Å². The molecule has 0 saturated carbocycles. The number of thiol groups is 1. The zero-order chi connectivity index (χ0) is 7.28. The normalized spacial score (nSPS) is 8.78. The molecule has 0 spiro atoms. The van der Waals surface area contributed by atoms with Crippen LogP contribution >= 0.6 is 12.8 Å². The van der Waals surface area contributed by atoms with Gasteiger partial charge in [0.1, 0.15) is 0 Å². The van der Waals surface area contributed by atoms with Crippen LogP contribution in [0, 0.1) is 0 Å². The van der Waals surface area contributed by atoms with E-state index in [2.05, 4.69) is 18.1 Å². The van der Waals surface area contributed by atoms with Crippen molar-refractivity contribution in [1.82, 2.24) is 9.62 Å². The van der Waals surface area contributed by atoms with Gasteiger partial charge in [0.15, 0.2) is 0 Å². The minimum absolute atomic E-state index is 0.153. The molecule has 0 radical (unpaired) electrons. The van der Waals surface area contributed by atoms with E-state index in [1.54, 1.807) is 7.05 Å². The smallest absolute Gasteiger partial charge is 0.326 e. The van der Waals surface area contributed by atoms with Gasteiger partial charge in [-0.25, -0.2) is 4.79 Å². The van der Waals surface area contributed by atoms with Crippen molar-refractivity contribution in [1.29, 1.82) is 0 Å². The van der Waals surface area contributed by atoms with E-state index in [0.717, 1.165) is 6.42 Å². The zero-order valence-electron chi connectivity index (χ0n) is 5.72. The van der Waals surface area contributed by atoms with Gasteiger partial charge in [-0.3, -0.25) is 4.31 Å². The Kier molecular flexibility index (Phi) is 4.30. The molecule has 4 heteroatoms. The van der Waals surface area contributed by atoms with Gasteiger partial charge >= 0.3 is 6.03 Å². The van der Waals surface area contributed by atoms with Crippen molar-refractivity contribution in [2.24, 2.45) is 0 Å². The van der Waals surface area contributed by atoms with Gasteiger partial charge in [0, 0.05) is 13.6 Å². The maximum atomic E-state index is 10.6. The number of amides is 2. The fourth-order valence-corrected chi connectivity index (χ4v) is 0.417. The van der Waals surface area contributed by atoms with Crippen molar-refractivity contribution >= 4 is 18.8 Å². The predicted octanol–water partition coefficient (Wildman–Crippen LogP) is 0.883. The first kappa shape index (κ1) is 8.62. The van der Waals surface area contributed by atoms with Crippen molar-refractivity contribution < 1.29 is 4.79 Å². The lowest BCUT2D eigenvalue weighted by Gasteiger charge is -2.08. The van der Waals surface area contributed by atoms with Crippen molar-refractivity contribution in [3.8, 4) is 0 Å². The van der Waals surface area contributed by atoms with Gasteiger partial charge < -0.3 is 5.32 Å². The molecular formula is C5H12N2OS. The number of hydrogen-bond donors (Lipinski definition) is 2. The molecule has 0 aromatic carbocycles. The number of rotatable bonds is 2. The van der Waals surface area contributed by atoms with E-state index in [1.165, 1.54) is 4.31 Å². The molecule has 0 rings (SSSR count). The summed E-state index contributed by atoms with van der Waals surface area (Å²) in [6.45, 7) is 2.71. The zero-order valence-corrected chi connectivity index (χ0v) is 6.61. The van der Waals surface area contributed by atoms with E-state index < -0.39 is 0 Å². The molecule has 0 unspecified atom stereocenters. The largest absolute Gasteiger partial charge is 0.337 e. The lowest BCUT2D eigenvalue weighted by molar-refractivity contribution is 0.231. The summed E-state index contributed by atoms with van der Waals surface area (Å²) in [5.41, 5.74) is 0. The number of carbonyl (C=O) groups excluding carboxylic acids is 1. The van der Waals surface area contributed by atoms with E-state index in [-0.39, 0.29) is 6.03 Å². The molecule has 0 aliphatic rings. The number of urea groups is 1. The monoisotopic (exact) mass is 148 g/mol. The number of carbonyl (C=O) groups is 1. The maximum Gasteiger partial charge on any atom is 0.326 e. The van der Waals surface area contributed by atoms with E-state index in [9.17, 15) is 4.79 Å². The molecule has 0 aliphatic carbocycles. The van der Waals surface area contributed by atoms with Gasteiger partial charge in [-0.15, -0.1) is 0 Å². The summed E-state index contributed by atoms with van der Waals surface area (Å²) < 4.78 is 1.22. The first-order valence-corrected chi connectivity index (χ1v) is 3.29. The van der Waals surface area contributed by atoms with Gasteiger partial charge in [-0.2, -0.15) is 0 Å². The highest BCUT2D eigenvalue weighted by Gasteiger charge is 1.99. The Labute approximate surface area is 61.0 Å². The fourth-order valence-electron chi connectivity index (χ4n) is 0.346. The minimum atomic E-state index is -0.153. The molecular weight excluding hydrogens is 136 g/mol. The summed E-state index contributed by atoms with van der Waals surface area (Å²) >= 11 is 3.79. The Hall–Kier alpha value is -0.380. The topological polar surface area (TPSA) is 32.3 Å². The second kappa shape index (κ2) is 4.49. The molecule has 0 fully saturated rings. The first-order chi connectivity index (χ1) is 4.18. The van der Waals surface area contributed by atoms with Crippen LogP contribution in [0.15, 0.2) is 0 Å². The third-order valence-electron chi connectivity index (χ3n) is 0.820. The van der Waals surface area contributed by atoms with Crippen LogP contribution in [0.5, 0.6) is 0 Å². The SMILES string of the molecule is CCCNC(=O)N(C)S. The Morgan fingerprint density at radius 1 is 1.78 bits per heavy atom. The van der Waals surface area contributed by atoms with Crippen LogP contribution in [0.25, 0.3) is 0 Å². The second-order valence-corrected chi connectivity index (χ2v) is 2.36. The third-order valence-corrected chi connectivity index (χ3v) is 1.00. The maximum absolute atomic E-state index is 10.6. The average Bonchev–Trinajstić information content (AvgIpc) is 1.82. The molecule has 0 saturated heterocycles. The van der Waals surface area contributed by atoms with Crippen molar-refractivity contribution in [2.45, 2.75) is 13.3 Å². The molecule has 1 N–H and O–H groups in total. The summed E-state index contributed by atoms with van der Waals surface area (Å²) in [6, 6.07) is -0.153. The molecule has 0 aromatic rings. The Balaban J connectivity index is 3.28. The van der Waals surface area contributed by atoms with Gasteiger partial charge in [-0.1, -0.05) is 19.7 Å². The van der Waals surface area contributed by atoms with Gasteiger partial charge in [-0.05, 0) is 6.42 Å². The van der Waals surface area contributed by atoms with Gasteiger partial charge in [0.2, 0.25) is 0 Å². The van der Waals surface area contributed by atoms with Gasteiger partial charge in [0.25, 0.3) is 0 Å². The van der Waals surface area contributed by atoms with Crippen LogP contribution in [0.1, 0.15) is 13.3 Å². The second-order valence-electron chi connectivity index (χ2n) is 1.76. The van der Waals surface area contributed by atoms with Crippen LogP contribution in [-0.4, -0.2) is 23.9 Å². The van der Waals surface area contributed by atoms with Gasteiger partial charge in [0.05, 0.1) is 0 Å². The number of hydrogen-bond acceptors (Lipinski definition) is 2. The van der Waals surface area contributed by atoms with E-state index in [0.29, 0.717) is 6.54 Å². The lowest BCUT2D eigenvalue weighted by Crippen LogP contribution is -2.31. The summed E-state index contributed by atoms with van der Waals surface area (Å²) in [5, 5.41) is 2.64. The molecule has 0 atom stereocenters. The molecule has 3 nitrogen and oxygen atoms in total. The van der Waals surface area contributed by atoms with Crippen LogP contribution < -0.4 is 5.32 Å². The molecule has 0 aliphatic heterocycles. The van der Waals surface area contributed by atoms with E-state index >= 15 is 0 Å². The standard InChI is InChI=1S/C5H12N2OS/c1-3-4-6-5(8)7(2)9/h9H,3-4H2,1-2H3,(H,6,8). The Morgan fingerprint density at radius 2 is 2.33 bits per heavy atom. The quantitative estimate of drug-likeness (QED) is 0.560. The summed E-state index contributed by atoms with van der Waals surface area (Å²) in [6.07, 6.45) is 0.952. The third kappa shape index (κ3) is 4.14. The van der Waals surface area contributed by atoms with Crippen LogP contribution in [-0.2, 0) is 0 Å². The Bertz CT molecular complexity index is 95.0. The first-order valence-electron chi connectivity index (χ1n) is 2.89. The molecule has 2 amide bonds. The van der Waals surface area contributed by atoms with Crippen molar-refractivity contribution in [3.05, 3.63) is 0 Å². The van der Waals surface area contributed by atoms with E-state index in [4.69, 9.17) is 0 Å². The summed E-state index contributed by atoms with van der Waals surface area (Å²) in [5.74, 6) is 0. The minimum Gasteiger partial charge on any atom is -0.337 e. The molecule has 0 aromatic heterocycles. The molecule has 0 bridgehead atoms. The number of nitrogens with one attached hydrogen (secondary N) is 1. The Morgan fingerprint density at radius 3 is 2.67 bits per heavy atom. The fraction of sp³-hybridized carbons (Fsp3) is 0.800. The number of nitrogens with zero attached hydrogens (tertiary/aromatic N) is 1. The average molecular weight is 148 g/mol. The highest BCUT2D eigenvalue weighted by atomic mass is 32.1. The molecule has 54 valence electrons. The molecule has 0 heterocycles. The highest BCUT2D eigenvalue weighted by molar-refractivity contribution is 7.78. The predicted molar refractivity (Wildman–Crippen MR) is 40.4 cm³/mol. The van der Waals surface area contributed by atoms with Crippen molar-refractivity contribution in [2.75, 3.05) is 13.6 Å². The summed E-state index contributed by atoms with van der Waals surface area (Å²) in [4.78, 5) is 10.6. The lowest BCUT2D eigenvalue weighted by atomic mass is 10.5. The summed E-state index contributed by atoms with van der Waals surface area (Å²) in [7, 11) is 1.59.